The van der Waals surface area contributed by atoms with Gasteiger partial charge in [-0.15, -0.1) is 0 Å². The monoisotopic (exact) mass is 463 g/mol. The molecule has 176 valence electrons. The van der Waals surface area contributed by atoms with E-state index >= 15 is 0 Å². The average molecular weight is 464 g/mol. The van der Waals surface area contributed by atoms with E-state index in [2.05, 4.69) is 23.3 Å². The van der Waals surface area contributed by atoms with Crippen LogP contribution < -0.4 is 27.4 Å². The highest BCUT2D eigenvalue weighted by atomic mass is 32.1. The van der Waals surface area contributed by atoms with Crippen molar-refractivity contribution in [2.45, 2.75) is 57.3 Å². The Morgan fingerprint density at radius 2 is 1.32 bits per heavy atom. The van der Waals surface area contributed by atoms with Gasteiger partial charge in [-0.1, -0.05) is 13.8 Å². The third-order valence-corrected chi connectivity index (χ3v) is 4.27. The number of thiol groups is 1. The summed E-state index contributed by atoms with van der Waals surface area (Å²) in [5.74, 6) is -6.84. The van der Waals surface area contributed by atoms with Gasteiger partial charge in [-0.2, -0.15) is 12.6 Å². The molecule has 0 spiro atoms. The van der Waals surface area contributed by atoms with Crippen LogP contribution >= 0.6 is 12.6 Å². The van der Waals surface area contributed by atoms with Crippen LogP contribution in [0.2, 0.25) is 0 Å². The Balaban J connectivity index is 5.27. The number of carbonyl (C=O) groups excluding carboxylic acids is 4. The summed E-state index contributed by atoms with van der Waals surface area (Å²) in [6.07, 6.45) is -1.17. The van der Waals surface area contributed by atoms with Crippen molar-refractivity contribution < 1.29 is 39.0 Å². The smallest absolute Gasteiger partial charge is 0.326 e. The van der Waals surface area contributed by atoms with Gasteiger partial charge in [0.2, 0.25) is 23.6 Å². The molecule has 0 aliphatic heterocycles. The number of rotatable bonds is 14. The number of carboxylic acid groups (broad SMARTS) is 2. The number of hydrogen-bond acceptors (Lipinski definition) is 8. The third kappa shape index (κ3) is 11.2. The van der Waals surface area contributed by atoms with Crippen molar-refractivity contribution in [2.75, 3.05) is 5.75 Å². The minimum Gasteiger partial charge on any atom is -0.481 e. The molecule has 14 heteroatoms. The quantitative estimate of drug-likeness (QED) is 0.124. The zero-order valence-corrected chi connectivity index (χ0v) is 18.1. The molecule has 13 nitrogen and oxygen atoms in total. The van der Waals surface area contributed by atoms with E-state index < -0.39 is 72.6 Å². The topological polar surface area (TPSA) is 231 Å². The second kappa shape index (κ2) is 13.4. The average Bonchev–Trinajstić information content (AvgIpc) is 2.63. The Kier molecular flexibility index (Phi) is 12.2. The van der Waals surface area contributed by atoms with Crippen molar-refractivity contribution in [1.29, 1.82) is 0 Å². The number of nitrogens with one attached hydrogen (secondary N) is 3. The highest BCUT2D eigenvalue weighted by Crippen LogP contribution is 2.04. The van der Waals surface area contributed by atoms with E-state index in [0.29, 0.717) is 6.42 Å². The van der Waals surface area contributed by atoms with Gasteiger partial charge in [0.15, 0.2) is 0 Å². The first-order valence-electron chi connectivity index (χ1n) is 9.28. The maximum absolute atomic E-state index is 12.5. The fourth-order valence-electron chi connectivity index (χ4n) is 2.42. The van der Waals surface area contributed by atoms with Gasteiger partial charge in [0.05, 0.1) is 18.9 Å². The largest absolute Gasteiger partial charge is 0.481 e. The van der Waals surface area contributed by atoms with Crippen LogP contribution in [-0.4, -0.2) is 75.7 Å². The molecule has 0 aliphatic carbocycles. The molecule has 0 aliphatic rings. The van der Waals surface area contributed by atoms with Crippen molar-refractivity contribution in [3.05, 3.63) is 0 Å². The van der Waals surface area contributed by atoms with Crippen LogP contribution in [-0.2, 0) is 28.8 Å². The normalized spacial score (nSPS) is 14.6. The van der Waals surface area contributed by atoms with Crippen molar-refractivity contribution >= 4 is 48.2 Å². The zero-order valence-electron chi connectivity index (χ0n) is 17.2. The van der Waals surface area contributed by atoms with E-state index in [1.165, 1.54) is 0 Å². The van der Waals surface area contributed by atoms with E-state index in [1.807, 2.05) is 19.2 Å². The first-order valence-corrected chi connectivity index (χ1v) is 9.92. The summed E-state index contributed by atoms with van der Waals surface area (Å²) in [6.45, 7) is 3.65. The van der Waals surface area contributed by atoms with Gasteiger partial charge in [-0.05, 0) is 12.3 Å². The maximum atomic E-state index is 12.5. The second-order valence-electron chi connectivity index (χ2n) is 7.21. The number of amides is 4. The Labute approximate surface area is 184 Å². The van der Waals surface area contributed by atoms with Gasteiger partial charge < -0.3 is 37.6 Å². The Morgan fingerprint density at radius 3 is 1.74 bits per heavy atom. The molecule has 4 unspecified atom stereocenters. The number of hydrogen-bond donors (Lipinski definition) is 8. The van der Waals surface area contributed by atoms with E-state index in [9.17, 15) is 28.8 Å². The molecule has 4 amide bonds. The lowest BCUT2D eigenvalue weighted by Gasteiger charge is -2.24. The van der Waals surface area contributed by atoms with Gasteiger partial charge in [-0.25, -0.2) is 4.79 Å². The standard InChI is InChI=1S/C17H29N5O8S/c1-7(2)3-8(18)14(26)20-9(5-13(24)25)15(27)22-11(6-31)16(28)21-10(17(29)30)4-12(19)23/h7-11,31H,3-6,18H2,1-2H3,(H2,19,23)(H,20,26)(H,21,28)(H,22,27)(H,24,25)(H,29,30). The zero-order chi connectivity index (χ0) is 24.3. The summed E-state index contributed by atoms with van der Waals surface area (Å²) in [5.41, 5.74) is 10.7. The van der Waals surface area contributed by atoms with E-state index in [0.717, 1.165) is 0 Å². The third-order valence-electron chi connectivity index (χ3n) is 3.91. The van der Waals surface area contributed by atoms with Gasteiger partial charge in [-0.3, -0.25) is 24.0 Å². The molecule has 31 heavy (non-hydrogen) atoms. The molecule has 0 aromatic heterocycles. The van der Waals surface area contributed by atoms with Crippen LogP contribution in [0.3, 0.4) is 0 Å². The lowest BCUT2D eigenvalue weighted by molar-refractivity contribution is -0.144. The highest BCUT2D eigenvalue weighted by Gasteiger charge is 2.31. The van der Waals surface area contributed by atoms with Crippen LogP contribution in [0.5, 0.6) is 0 Å². The van der Waals surface area contributed by atoms with Crippen LogP contribution in [0, 0.1) is 5.92 Å². The van der Waals surface area contributed by atoms with Gasteiger partial charge >= 0.3 is 11.9 Å². The Hall–Kier alpha value is -2.87. The van der Waals surface area contributed by atoms with Crippen LogP contribution in [0.25, 0.3) is 0 Å². The van der Waals surface area contributed by atoms with Gasteiger partial charge in [0.1, 0.15) is 18.1 Å². The lowest BCUT2D eigenvalue weighted by atomic mass is 10.0. The molecule has 0 saturated carbocycles. The molecule has 0 rings (SSSR count). The van der Waals surface area contributed by atoms with E-state index in [4.69, 9.17) is 21.7 Å². The molecule has 0 heterocycles. The van der Waals surface area contributed by atoms with Crippen LogP contribution in [0.15, 0.2) is 0 Å². The first kappa shape index (κ1) is 28.1. The molecule has 0 aromatic rings. The van der Waals surface area contributed by atoms with E-state index in [-0.39, 0.29) is 11.7 Å². The molecule has 9 N–H and O–H groups in total. The molecule has 0 aromatic carbocycles. The highest BCUT2D eigenvalue weighted by molar-refractivity contribution is 7.80. The fraction of sp³-hybridized carbons (Fsp3) is 0.647. The van der Waals surface area contributed by atoms with Crippen molar-refractivity contribution in [3.63, 3.8) is 0 Å². The van der Waals surface area contributed by atoms with Crippen LogP contribution in [0.1, 0.15) is 33.1 Å². The van der Waals surface area contributed by atoms with Gasteiger partial charge in [0, 0.05) is 5.75 Å². The number of carbonyl (C=O) groups is 6. The van der Waals surface area contributed by atoms with Crippen molar-refractivity contribution in [1.82, 2.24) is 16.0 Å². The molecule has 0 fully saturated rings. The minimum atomic E-state index is -1.63. The summed E-state index contributed by atoms with van der Waals surface area (Å²) >= 11 is 3.91. The molecular weight excluding hydrogens is 434 g/mol. The SMILES string of the molecule is CC(C)CC(N)C(=O)NC(CC(=O)O)C(=O)NC(CS)C(=O)NC(CC(N)=O)C(=O)O. The predicted octanol–water partition coefficient (Wildman–Crippen LogP) is -2.82. The summed E-state index contributed by atoms with van der Waals surface area (Å²) < 4.78 is 0. The molecule has 0 saturated heterocycles. The summed E-state index contributed by atoms with van der Waals surface area (Å²) in [7, 11) is 0. The molecular formula is C17H29N5O8S. The fourth-order valence-corrected chi connectivity index (χ4v) is 2.67. The molecule has 0 radical (unpaired) electrons. The number of nitrogens with two attached hydrogens (primary N) is 2. The number of primary amides is 1. The summed E-state index contributed by atoms with van der Waals surface area (Å²) in [6, 6.07) is -5.53. The number of aliphatic carboxylic acids is 2. The maximum Gasteiger partial charge on any atom is 0.326 e. The minimum absolute atomic E-state index is 0.0762. The van der Waals surface area contributed by atoms with Crippen LogP contribution in [0.4, 0.5) is 0 Å². The second-order valence-corrected chi connectivity index (χ2v) is 7.57. The predicted molar refractivity (Wildman–Crippen MR) is 111 cm³/mol. The van der Waals surface area contributed by atoms with Gasteiger partial charge in [0.25, 0.3) is 0 Å². The molecule has 4 atom stereocenters. The van der Waals surface area contributed by atoms with E-state index in [1.54, 1.807) is 0 Å². The number of carboxylic acids is 2. The molecule has 0 bridgehead atoms. The Morgan fingerprint density at radius 1 is 0.839 bits per heavy atom. The Bertz CT molecular complexity index is 702. The van der Waals surface area contributed by atoms with Crippen molar-refractivity contribution in [3.8, 4) is 0 Å². The first-order chi connectivity index (χ1) is 14.3. The summed E-state index contributed by atoms with van der Waals surface area (Å²) in [4.78, 5) is 70.1. The summed E-state index contributed by atoms with van der Waals surface area (Å²) in [5, 5.41) is 24.6. The lowest BCUT2D eigenvalue weighted by Crippen LogP contribution is -2.58. The van der Waals surface area contributed by atoms with Crippen molar-refractivity contribution in [2.24, 2.45) is 17.4 Å².